The van der Waals surface area contributed by atoms with Crippen LogP contribution in [0.15, 0.2) is 21.4 Å². The SMILES string of the molecule is O=c1[nH]c2cc(Br)c(C(O)C3C4CCCC43)cc2[nH]1. The first-order valence-corrected chi connectivity index (χ1v) is 7.54. The quantitative estimate of drug-likeness (QED) is 0.795. The van der Waals surface area contributed by atoms with Gasteiger partial charge in [-0.3, -0.25) is 0 Å². The van der Waals surface area contributed by atoms with Crippen molar-refractivity contribution < 1.29 is 5.11 Å². The number of aliphatic hydroxyl groups is 1. The molecule has 2 saturated carbocycles. The highest BCUT2D eigenvalue weighted by Crippen LogP contribution is 2.62. The average Bonchev–Trinajstić information content (AvgIpc) is 2.72. The number of nitrogens with one attached hydrogen (secondary N) is 2. The number of benzene rings is 1. The summed E-state index contributed by atoms with van der Waals surface area (Å²) in [6.45, 7) is 0. The molecule has 1 aromatic carbocycles. The molecule has 4 nitrogen and oxygen atoms in total. The van der Waals surface area contributed by atoms with E-state index in [0.29, 0.717) is 17.8 Å². The van der Waals surface area contributed by atoms with Crippen molar-refractivity contribution in [1.29, 1.82) is 0 Å². The van der Waals surface area contributed by atoms with Gasteiger partial charge in [0.05, 0.1) is 17.1 Å². The predicted molar refractivity (Wildman–Crippen MR) is 75.9 cm³/mol. The number of aliphatic hydroxyl groups excluding tert-OH is 1. The fourth-order valence-corrected chi connectivity index (χ4v) is 4.43. The standard InChI is InChI=1S/C14H15BrN2O2/c15-9-5-11-10(16-14(19)17-11)4-8(9)13(18)12-6-2-1-3-7(6)12/h4-7,12-13,18H,1-3H2,(H2,16,17,19). The van der Waals surface area contributed by atoms with Crippen molar-refractivity contribution in [3.63, 3.8) is 0 Å². The molecule has 3 atom stereocenters. The van der Waals surface area contributed by atoms with Crippen LogP contribution in [0.4, 0.5) is 0 Å². The molecular formula is C14H15BrN2O2. The summed E-state index contributed by atoms with van der Waals surface area (Å²) in [5, 5.41) is 10.6. The van der Waals surface area contributed by atoms with Crippen molar-refractivity contribution in [3.05, 3.63) is 32.7 Å². The van der Waals surface area contributed by atoms with Crippen LogP contribution >= 0.6 is 15.9 Å². The van der Waals surface area contributed by atoms with E-state index in [2.05, 4.69) is 25.9 Å². The van der Waals surface area contributed by atoms with E-state index in [4.69, 9.17) is 0 Å². The van der Waals surface area contributed by atoms with Crippen LogP contribution in [-0.2, 0) is 0 Å². The average molecular weight is 323 g/mol. The summed E-state index contributed by atoms with van der Waals surface area (Å²) in [7, 11) is 0. The minimum atomic E-state index is -0.424. The monoisotopic (exact) mass is 322 g/mol. The third kappa shape index (κ3) is 1.71. The third-order valence-corrected chi connectivity index (χ3v) is 5.48. The highest BCUT2D eigenvalue weighted by molar-refractivity contribution is 9.10. The number of hydrogen-bond acceptors (Lipinski definition) is 2. The number of aromatic amines is 2. The van der Waals surface area contributed by atoms with Gasteiger partial charge in [0.15, 0.2) is 0 Å². The first kappa shape index (κ1) is 11.7. The second kappa shape index (κ2) is 3.96. The summed E-state index contributed by atoms with van der Waals surface area (Å²) in [4.78, 5) is 16.8. The zero-order valence-electron chi connectivity index (χ0n) is 10.3. The van der Waals surface area contributed by atoms with E-state index in [0.717, 1.165) is 21.1 Å². The van der Waals surface area contributed by atoms with Crippen LogP contribution in [-0.4, -0.2) is 15.1 Å². The van der Waals surface area contributed by atoms with Gasteiger partial charge in [0.2, 0.25) is 0 Å². The van der Waals surface area contributed by atoms with Gasteiger partial charge in [-0.05, 0) is 48.3 Å². The first-order valence-electron chi connectivity index (χ1n) is 6.74. The largest absolute Gasteiger partial charge is 0.388 e. The molecule has 5 heteroatoms. The fraction of sp³-hybridized carbons (Fsp3) is 0.500. The van der Waals surface area contributed by atoms with Gasteiger partial charge in [0.25, 0.3) is 0 Å². The Morgan fingerprint density at radius 1 is 1.21 bits per heavy atom. The van der Waals surface area contributed by atoms with Crippen LogP contribution < -0.4 is 5.69 Å². The molecule has 2 fully saturated rings. The molecule has 0 saturated heterocycles. The van der Waals surface area contributed by atoms with Crippen molar-refractivity contribution in [3.8, 4) is 0 Å². The topological polar surface area (TPSA) is 68.9 Å². The molecule has 1 heterocycles. The Balaban J connectivity index is 1.73. The zero-order chi connectivity index (χ0) is 13.1. The number of imidazole rings is 1. The van der Waals surface area contributed by atoms with E-state index in [-0.39, 0.29) is 5.69 Å². The second-order valence-electron chi connectivity index (χ2n) is 5.78. The molecule has 0 amide bonds. The van der Waals surface area contributed by atoms with Crippen LogP contribution in [0.3, 0.4) is 0 Å². The Kier molecular flexibility index (Phi) is 2.45. The van der Waals surface area contributed by atoms with Crippen LogP contribution in [0.5, 0.6) is 0 Å². The highest BCUT2D eigenvalue weighted by Gasteiger charge is 2.56. The normalized spacial score (nSPS) is 30.5. The molecule has 2 aromatic rings. The van der Waals surface area contributed by atoms with Crippen molar-refractivity contribution in [2.24, 2.45) is 17.8 Å². The highest BCUT2D eigenvalue weighted by atomic mass is 79.9. The molecule has 100 valence electrons. The van der Waals surface area contributed by atoms with Crippen LogP contribution in [0.2, 0.25) is 0 Å². The molecule has 0 spiro atoms. The van der Waals surface area contributed by atoms with Gasteiger partial charge in [0, 0.05) is 4.47 Å². The Labute approximate surface area is 118 Å². The minimum Gasteiger partial charge on any atom is -0.388 e. The lowest BCUT2D eigenvalue weighted by molar-refractivity contribution is 0.136. The summed E-state index contributed by atoms with van der Waals surface area (Å²) in [6.07, 6.45) is 3.40. The van der Waals surface area contributed by atoms with Crippen LogP contribution in [0.25, 0.3) is 11.0 Å². The maximum Gasteiger partial charge on any atom is 0.323 e. The summed E-state index contributed by atoms with van der Waals surface area (Å²) in [5.41, 5.74) is 2.20. The third-order valence-electron chi connectivity index (χ3n) is 4.79. The lowest BCUT2D eigenvalue weighted by atomic mass is 9.99. The number of hydrogen-bond donors (Lipinski definition) is 3. The summed E-state index contributed by atoms with van der Waals surface area (Å²) in [6, 6.07) is 3.75. The van der Waals surface area contributed by atoms with E-state index in [1.165, 1.54) is 19.3 Å². The molecule has 0 aliphatic heterocycles. The second-order valence-corrected chi connectivity index (χ2v) is 6.63. The fourth-order valence-electron chi connectivity index (χ4n) is 3.85. The predicted octanol–water partition coefficient (Wildman–Crippen LogP) is 2.70. The van der Waals surface area contributed by atoms with Crippen LogP contribution in [0, 0.1) is 17.8 Å². The molecule has 0 bridgehead atoms. The lowest BCUT2D eigenvalue weighted by Gasteiger charge is -2.15. The van der Waals surface area contributed by atoms with Gasteiger partial charge in [-0.2, -0.15) is 0 Å². The molecule has 1 aromatic heterocycles. The number of H-pyrrole nitrogens is 2. The molecule has 2 aliphatic carbocycles. The molecule has 2 aliphatic rings. The van der Waals surface area contributed by atoms with Gasteiger partial charge in [0.1, 0.15) is 0 Å². The van der Waals surface area contributed by atoms with Crippen LogP contribution in [0.1, 0.15) is 30.9 Å². The summed E-state index contributed by atoms with van der Waals surface area (Å²) >= 11 is 3.51. The van der Waals surface area contributed by atoms with Gasteiger partial charge < -0.3 is 15.1 Å². The van der Waals surface area contributed by atoms with Crippen molar-refractivity contribution in [2.45, 2.75) is 25.4 Å². The molecular weight excluding hydrogens is 308 g/mol. The Hall–Kier alpha value is -1.07. The number of aromatic nitrogens is 2. The van der Waals surface area contributed by atoms with E-state index in [1.54, 1.807) is 0 Å². The van der Waals surface area contributed by atoms with E-state index >= 15 is 0 Å². The molecule has 19 heavy (non-hydrogen) atoms. The van der Waals surface area contributed by atoms with E-state index in [9.17, 15) is 9.90 Å². The van der Waals surface area contributed by atoms with Gasteiger partial charge in [-0.25, -0.2) is 4.79 Å². The van der Waals surface area contributed by atoms with E-state index < -0.39 is 6.10 Å². The van der Waals surface area contributed by atoms with Gasteiger partial charge in [-0.15, -0.1) is 0 Å². The maximum atomic E-state index is 11.3. The molecule has 0 radical (unpaired) electrons. The number of halogens is 1. The Morgan fingerprint density at radius 2 is 1.84 bits per heavy atom. The molecule has 3 unspecified atom stereocenters. The number of rotatable bonds is 2. The molecule has 3 N–H and O–H groups in total. The first-order chi connectivity index (χ1) is 9.15. The van der Waals surface area contributed by atoms with Crippen molar-refractivity contribution in [2.75, 3.05) is 0 Å². The smallest absolute Gasteiger partial charge is 0.323 e. The van der Waals surface area contributed by atoms with Gasteiger partial charge >= 0.3 is 5.69 Å². The Morgan fingerprint density at radius 3 is 2.53 bits per heavy atom. The Bertz CT molecular complexity index is 695. The number of fused-ring (bicyclic) bond motifs is 2. The zero-order valence-corrected chi connectivity index (χ0v) is 11.9. The maximum absolute atomic E-state index is 11.3. The molecule has 4 rings (SSSR count). The van der Waals surface area contributed by atoms with Crippen molar-refractivity contribution >= 4 is 27.0 Å². The van der Waals surface area contributed by atoms with Gasteiger partial charge in [-0.1, -0.05) is 22.4 Å². The lowest BCUT2D eigenvalue weighted by Crippen LogP contribution is -2.05. The van der Waals surface area contributed by atoms with Crippen molar-refractivity contribution in [1.82, 2.24) is 9.97 Å². The summed E-state index contributed by atoms with van der Waals surface area (Å²) < 4.78 is 0.868. The van der Waals surface area contributed by atoms with E-state index in [1.807, 2.05) is 12.1 Å². The summed E-state index contributed by atoms with van der Waals surface area (Å²) in [5.74, 6) is 1.83. The minimum absolute atomic E-state index is 0.211.